The summed E-state index contributed by atoms with van der Waals surface area (Å²) in [7, 11) is 0. The van der Waals surface area contributed by atoms with Crippen molar-refractivity contribution in [3.05, 3.63) is 29.8 Å². The van der Waals surface area contributed by atoms with Crippen LogP contribution in [-0.2, 0) is 6.42 Å². The monoisotopic (exact) mass is 249 g/mol. The first-order valence-electron chi connectivity index (χ1n) is 6.84. The molecule has 0 amide bonds. The maximum atomic E-state index is 10.6. The molecular formula is C15H23NO2. The van der Waals surface area contributed by atoms with Gasteiger partial charge in [-0.3, -0.25) is 0 Å². The largest absolute Gasteiger partial charge is 0.508 e. The van der Waals surface area contributed by atoms with Crippen LogP contribution in [0.15, 0.2) is 24.3 Å². The fourth-order valence-corrected chi connectivity index (χ4v) is 2.73. The van der Waals surface area contributed by atoms with Crippen molar-refractivity contribution >= 4 is 0 Å². The molecule has 0 unspecified atom stereocenters. The van der Waals surface area contributed by atoms with Gasteiger partial charge in [0.2, 0.25) is 0 Å². The second kappa shape index (κ2) is 5.72. The second-order valence-corrected chi connectivity index (χ2v) is 5.41. The van der Waals surface area contributed by atoms with Crippen LogP contribution in [0, 0.1) is 0 Å². The standard InChI is InChI=1S/C15H23NO2/c1-2-8-16-9-6-15(18,7-10-16)12-13-4-3-5-14(17)11-13/h3-5,11,17-18H,2,6-10,12H2,1H3. The first-order chi connectivity index (χ1) is 8.61. The summed E-state index contributed by atoms with van der Waals surface area (Å²) in [6.45, 7) is 5.27. The van der Waals surface area contributed by atoms with Crippen molar-refractivity contribution in [2.24, 2.45) is 0 Å². The highest BCUT2D eigenvalue weighted by atomic mass is 16.3. The van der Waals surface area contributed by atoms with Crippen molar-refractivity contribution in [3.63, 3.8) is 0 Å². The van der Waals surface area contributed by atoms with Gasteiger partial charge in [-0.05, 0) is 43.5 Å². The lowest BCUT2D eigenvalue weighted by molar-refractivity contribution is -0.0205. The van der Waals surface area contributed by atoms with Crippen molar-refractivity contribution < 1.29 is 10.2 Å². The summed E-state index contributed by atoms with van der Waals surface area (Å²) in [5.41, 5.74) is 0.416. The molecule has 1 aliphatic rings. The molecule has 0 aromatic heterocycles. The Morgan fingerprint density at radius 2 is 2.00 bits per heavy atom. The maximum Gasteiger partial charge on any atom is 0.115 e. The third-order valence-electron chi connectivity index (χ3n) is 3.77. The Kier molecular flexibility index (Phi) is 4.25. The van der Waals surface area contributed by atoms with Gasteiger partial charge in [-0.1, -0.05) is 19.1 Å². The fourth-order valence-electron chi connectivity index (χ4n) is 2.73. The molecule has 3 nitrogen and oxygen atoms in total. The molecule has 3 heteroatoms. The summed E-state index contributed by atoms with van der Waals surface area (Å²) < 4.78 is 0. The number of hydrogen-bond acceptors (Lipinski definition) is 3. The molecule has 0 atom stereocenters. The zero-order chi connectivity index (χ0) is 13.0. The fraction of sp³-hybridized carbons (Fsp3) is 0.600. The highest BCUT2D eigenvalue weighted by molar-refractivity contribution is 5.28. The van der Waals surface area contributed by atoms with Crippen LogP contribution < -0.4 is 0 Å². The second-order valence-electron chi connectivity index (χ2n) is 5.41. The van der Waals surface area contributed by atoms with E-state index in [9.17, 15) is 10.2 Å². The minimum atomic E-state index is -0.599. The van der Waals surface area contributed by atoms with Gasteiger partial charge in [0.15, 0.2) is 0 Å². The van der Waals surface area contributed by atoms with E-state index in [1.807, 2.05) is 12.1 Å². The van der Waals surface area contributed by atoms with E-state index in [4.69, 9.17) is 0 Å². The molecule has 0 radical (unpaired) electrons. The minimum absolute atomic E-state index is 0.277. The summed E-state index contributed by atoms with van der Waals surface area (Å²) in [5, 5.41) is 20.0. The van der Waals surface area contributed by atoms with Crippen LogP contribution in [0.5, 0.6) is 5.75 Å². The van der Waals surface area contributed by atoms with Gasteiger partial charge in [0.25, 0.3) is 0 Å². The predicted octanol–water partition coefficient (Wildman–Crippen LogP) is 2.17. The Bertz CT molecular complexity index is 384. The molecular weight excluding hydrogens is 226 g/mol. The molecule has 1 aliphatic heterocycles. The van der Waals surface area contributed by atoms with E-state index < -0.39 is 5.60 Å². The first kappa shape index (κ1) is 13.4. The lowest BCUT2D eigenvalue weighted by atomic mass is 9.85. The Labute approximate surface area is 109 Å². The van der Waals surface area contributed by atoms with E-state index in [1.165, 1.54) is 6.42 Å². The highest BCUT2D eigenvalue weighted by Crippen LogP contribution is 2.27. The summed E-state index contributed by atoms with van der Waals surface area (Å²) in [6, 6.07) is 7.21. The van der Waals surface area contributed by atoms with Crippen LogP contribution in [0.1, 0.15) is 31.7 Å². The summed E-state index contributed by atoms with van der Waals surface area (Å²) in [4.78, 5) is 2.41. The average molecular weight is 249 g/mol. The van der Waals surface area contributed by atoms with Crippen molar-refractivity contribution in [1.82, 2.24) is 4.90 Å². The highest BCUT2D eigenvalue weighted by Gasteiger charge is 2.32. The normalized spacial score (nSPS) is 19.9. The topological polar surface area (TPSA) is 43.7 Å². The van der Waals surface area contributed by atoms with E-state index in [0.717, 1.165) is 38.0 Å². The molecule has 0 spiro atoms. The number of phenolic OH excluding ortho intramolecular Hbond substituents is 1. The molecule has 0 bridgehead atoms. The maximum absolute atomic E-state index is 10.6. The third kappa shape index (κ3) is 3.47. The molecule has 1 heterocycles. The van der Waals surface area contributed by atoms with Gasteiger partial charge in [0, 0.05) is 19.5 Å². The van der Waals surface area contributed by atoms with Crippen molar-refractivity contribution in [2.75, 3.05) is 19.6 Å². The van der Waals surface area contributed by atoms with Crippen LogP contribution in [0.25, 0.3) is 0 Å². The van der Waals surface area contributed by atoms with Crippen LogP contribution >= 0.6 is 0 Å². The number of likely N-dealkylation sites (tertiary alicyclic amines) is 1. The minimum Gasteiger partial charge on any atom is -0.508 e. The van der Waals surface area contributed by atoms with Gasteiger partial charge in [-0.25, -0.2) is 0 Å². The van der Waals surface area contributed by atoms with Crippen LogP contribution in [0.4, 0.5) is 0 Å². The number of nitrogens with zero attached hydrogens (tertiary/aromatic N) is 1. The van der Waals surface area contributed by atoms with Crippen LogP contribution in [-0.4, -0.2) is 40.3 Å². The Morgan fingerprint density at radius 3 is 2.61 bits per heavy atom. The molecule has 0 aliphatic carbocycles. The van der Waals surface area contributed by atoms with Crippen molar-refractivity contribution in [3.8, 4) is 5.75 Å². The summed E-state index contributed by atoms with van der Waals surface area (Å²) >= 11 is 0. The van der Waals surface area contributed by atoms with Crippen molar-refractivity contribution in [2.45, 2.75) is 38.2 Å². The molecule has 2 rings (SSSR count). The van der Waals surface area contributed by atoms with Crippen LogP contribution in [0.2, 0.25) is 0 Å². The molecule has 1 aromatic carbocycles. The Hall–Kier alpha value is -1.06. The van der Waals surface area contributed by atoms with Gasteiger partial charge in [-0.15, -0.1) is 0 Å². The zero-order valence-electron chi connectivity index (χ0n) is 11.1. The van der Waals surface area contributed by atoms with Crippen molar-refractivity contribution in [1.29, 1.82) is 0 Å². The molecule has 1 fully saturated rings. The Balaban J connectivity index is 1.93. The van der Waals surface area contributed by atoms with E-state index in [0.29, 0.717) is 6.42 Å². The van der Waals surface area contributed by atoms with E-state index in [1.54, 1.807) is 12.1 Å². The predicted molar refractivity (Wildman–Crippen MR) is 72.7 cm³/mol. The number of rotatable bonds is 4. The van der Waals surface area contributed by atoms with E-state index >= 15 is 0 Å². The van der Waals surface area contributed by atoms with Gasteiger partial charge >= 0.3 is 0 Å². The molecule has 100 valence electrons. The number of aliphatic hydroxyl groups is 1. The zero-order valence-corrected chi connectivity index (χ0v) is 11.1. The quantitative estimate of drug-likeness (QED) is 0.859. The Morgan fingerprint density at radius 1 is 1.28 bits per heavy atom. The molecule has 18 heavy (non-hydrogen) atoms. The molecule has 1 aromatic rings. The lowest BCUT2D eigenvalue weighted by Crippen LogP contribution is -2.45. The number of piperidine rings is 1. The molecule has 0 saturated carbocycles. The number of hydrogen-bond donors (Lipinski definition) is 2. The summed E-state index contributed by atoms with van der Waals surface area (Å²) in [6.07, 6.45) is 3.46. The smallest absolute Gasteiger partial charge is 0.115 e. The van der Waals surface area contributed by atoms with Gasteiger partial charge < -0.3 is 15.1 Å². The van der Waals surface area contributed by atoms with Gasteiger partial charge in [0.05, 0.1) is 5.60 Å². The summed E-state index contributed by atoms with van der Waals surface area (Å²) in [5.74, 6) is 0.277. The van der Waals surface area contributed by atoms with Crippen LogP contribution in [0.3, 0.4) is 0 Å². The first-order valence-corrected chi connectivity index (χ1v) is 6.84. The number of aromatic hydroxyl groups is 1. The van der Waals surface area contributed by atoms with Gasteiger partial charge in [-0.2, -0.15) is 0 Å². The average Bonchev–Trinajstić information content (AvgIpc) is 2.32. The third-order valence-corrected chi connectivity index (χ3v) is 3.77. The van der Waals surface area contributed by atoms with E-state index in [2.05, 4.69) is 11.8 Å². The SMILES string of the molecule is CCCN1CCC(O)(Cc2cccc(O)c2)CC1. The molecule has 1 saturated heterocycles. The number of benzene rings is 1. The van der Waals surface area contributed by atoms with Gasteiger partial charge in [0.1, 0.15) is 5.75 Å². The number of phenols is 1. The lowest BCUT2D eigenvalue weighted by Gasteiger charge is -2.38. The van der Waals surface area contributed by atoms with E-state index in [-0.39, 0.29) is 5.75 Å². The molecule has 2 N–H and O–H groups in total.